The molecule has 1 aromatic carbocycles. The Hall–Kier alpha value is -3.12. The van der Waals surface area contributed by atoms with Crippen molar-refractivity contribution in [1.29, 1.82) is 0 Å². The Morgan fingerprint density at radius 2 is 2.08 bits per heavy atom. The molecule has 6 heteroatoms. The molecule has 4 aromatic rings. The van der Waals surface area contributed by atoms with Crippen LogP contribution in [0.1, 0.15) is 11.5 Å². The Morgan fingerprint density at radius 3 is 2.92 bits per heavy atom. The minimum Gasteiger partial charge on any atom is -0.504 e. The second-order valence-corrected chi connectivity index (χ2v) is 6.09. The maximum absolute atomic E-state index is 12.1. The number of hydrogen-bond donors (Lipinski definition) is 2. The second-order valence-electron chi connectivity index (χ2n) is 5.14. The molecule has 0 aliphatic heterocycles. The summed E-state index contributed by atoms with van der Waals surface area (Å²) < 4.78 is 5.40. The number of hydrogen-bond acceptors (Lipinski definition) is 5. The fraction of sp³-hybridized carbons (Fsp3) is 0. The Bertz CT molecular complexity index is 1090. The lowest BCUT2D eigenvalue weighted by molar-refractivity contribution is 0.463. The van der Waals surface area contributed by atoms with E-state index >= 15 is 0 Å². The highest BCUT2D eigenvalue weighted by molar-refractivity contribution is 7.13. The smallest absolute Gasteiger partial charge is 0.274 e. The van der Waals surface area contributed by atoms with Crippen LogP contribution in [0.3, 0.4) is 0 Å². The third-order valence-electron chi connectivity index (χ3n) is 3.58. The molecule has 5 nitrogen and oxygen atoms in total. The fourth-order valence-electron chi connectivity index (χ4n) is 2.47. The lowest BCUT2D eigenvalue weighted by Gasteiger charge is -2.01. The number of nitrogens with zero attached hydrogens (tertiary/aromatic N) is 1. The van der Waals surface area contributed by atoms with Crippen LogP contribution >= 0.6 is 11.3 Å². The Kier molecular flexibility index (Phi) is 3.51. The average molecular weight is 336 g/mol. The summed E-state index contributed by atoms with van der Waals surface area (Å²) in [5.41, 5.74) is 1.82. The molecule has 0 aliphatic carbocycles. The SMILES string of the molecule is O=c1[nH]c2ccccc2nc1/C=C(\O)c1occc1-c1cccs1. The molecule has 4 rings (SSSR count). The van der Waals surface area contributed by atoms with Crippen molar-refractivity contribution in [3.8, 4) is 10.4 Å². The van der Waals surface area contributed by atoms with Crippen molar-refractivity contribution in [2.45, 2.75) is 0 Å². The summed E-state index contributed by atoms with van der Waals surface area (Å²) in [7, 11) is 0. The summed E-state index contributed by atoms with van der Waals surface area (Å²) in [4.78, 5) is 20.2. The summed E-state index contributed by atoms with van der Waals surface area (Å²) in [5, 5.41) is 12.4. The van der Waals surface area contributed by atoms with Gasteiger partial charge in [-0.2, -0.15) is 0 Å². The molecule has 0 amide bonds. The number of aliphatic hydroxyl groups excluding tert-OH is 1. The summed E-state index contributed by atoms with van der Waals surface area (Å²) >= 11 is 1.54. The van der Waals surface area contributed by atoms with Crippen LogP contribution in [0.4, 0.5) is 0 Å². The normalized spacial score (nSPS) is 11.9. The minimum absolute atomic E-state index is 0.125. The van der Waals surface area contributed by atoms with Gasteiger partial charge >= 0.3 is 0 Å². The first-order chi connectivity index (χ1) is 11.7. The maximum atomic E-state index is 12.1. The molecule has 0 fully saturated rings. The van der Waals surface area contributed by atoms with Crippen LogP contribution in [-0.4, -0.2) is 15.1 Å². The van der Waals surface area contributed by atoms with Gasteiger partial charge in [0, 0.05) is 16.5 Å². The molecule has 0 saturated heterocycles. The molecular weight excluding hydrogens is 324 g/mol. The summed E-state index contributed by atoms with van der Waals surface area (Å²) in [6, 6.07) is 12.9. The molecule has 0 radical (unpaired) electrons. The third kappa shape index (κ3) is 2.53. The molecule has 0 atom stereocenters. The highest BCUT2D eigenvalue weighted by Crippen LogP contribution is 2.32. The van der Waals surface area contributed by atoms with Gasteiger partial charge in [-0.25, -0.2) is 4.98 Å². The number of H-pyrrole nitrogens is 1. The molecule has 0 bridgehead atoms. The fourth-order valence-corrected chi connectivity index (χ4v) is 3.22. The Morgan fingerprint density at radius 1 is 1.21 bits per heavy atom. The molecular formula is C18H12N2O3S. The number of nitrogens with one attached hydrogen (secondary N) is 1. The van der Waals surface area contributed by atoms with Crippen molar-refractivity contribution >= 4 is 34.2 Å². The van der Waals surface area contributed by atoms with Gasteiger partial charge in [0.05, 0.1) is 17.3 Å². The summed E-state index contributed by atoms with van der Waals surface area (Å²) in [6.45, 7) is 0. The van der Waals surface area contributed by atoms with Crippen LogP contribution < -0.4 is 5.56 Å². The van der Waals surface area contributed by atoms with Gasteiger partial charge in [0.2, 0.25) is 0 Å². The predicted octanol–water partition coefficient (Wildman–Crippen LogP) is 4.30. The number of aliphatic hydroxyl groups is 1. The Balaban J connectivity index is 1.81. The highest BCUT2D eigenvalue weighted by atomic mass is 32.1. The van der Waals surface area contributed by atoms with Gasteiger partial charge in [-0.3, -0.25) is 4.79 Å². The zero-order valence-electron chi connectivity index (χ0n) is 12.4. The lowest BCUT2D eigenvalue weighted by Crippen LogP contribution is -2.12. The molecule has 118 valence electrons. The zero-order valence-corrected chi connectivity index (χ0v) is 13.2. The van der Waals surface area contributed by atoms with Crippen LogP contribution in [0, 0.1) is 0 Å². The van der Waals surface area contributed by atoms with Gasteiger partial charge in [-0.1, -0.05) is 18.2 Å². The maximum Gasteiger partial charge on any atom is 0.274 e. The highest BCUT2D eigenvalue weighted by Gasteiger charge is 2.14. The third-order valence-corrected chi connectivity index (χ3v) is 4.49. The number of para-hydroxylation sites is 2. The lowest BCUT2D eigenvalue weighted by atomic mass is 10.1. The van der Waals surface area contributed by atoms with Crippen molar-refractivity contribution < 1.29 is 9.52 Å². The molecule has 0 unspecified atom stereocenters. The van der Waals surface area contributed by atoms with Gasteiger partial charge in [-0.15, -0.1) is 11.3 Å². The predicted molar refractivity (Wildman–Crippen MR) is 94.9 cm³/mol. The van der Waals surface area contributed by atoms with Crippen LogP contribution in [-0.2, 0) is 0 Å². The van der Waals surface area contributed by atoms with Crippen molar-refractivity contribution in [2.24, 2.45) is 0 Å². The number of fused-ring (bicyclic) bond motifs is 1. The first kappa shape index (κ1) is 14.5. The van der Waals surface area contributed by atoms with E-state index in [-0.39, 0.29) is 17.0 Å². The van der Waals surface area contributed by atoms with E-state index in [2.05, 4.69) is 9.97 Å². The van der Waals surface area contributed by atoms with E-state index in [0.717, 1.165) is 10.4 Å². The Labute approximate surface area is 140 Å². The van der Waals surface area contributed by atoms with E-state index in [9.17, 15) is 9.90 Å². The van der Waals surface area contributed by atoms with E-state index in [1.54, 1.807) is 29.5 Å². The molecule has 0 saturated carbocycles. The van der Waals surface area contributed by atoms with E-state index in [1.165, 1.54) is 12.3 Å². The topological polar surface area (TPSA) is 79.1 Å². The molecule has 24 heavy (non-hydrogen) atoms. The van der Waals surface area contributed by atoms with E-state index in [1.807, 2.05) is 29.6 Å². The number of benzene rings is 1. The van der Waals surface area contributed by atoms with E-state index in [0.29, 0.717) is 16.8 Å². The van der Waals surface area contributed by atoms with Gasteiger partial charge in [0.25, 0.3) is 5.56 Å². The second kappa shape index (κ2) is 5.82. The monoisotopic (exact) mass is 336 g/mol. The standard InChI is InChI=1S/C18H12N2O3S/c21-15(17-11(7-8-23-17)16-6-3-9-24-16)10-14-18(22)20-13-5-2-1-4-12(13)19-14/h1-10,21H,(H,20,22)/b15-10-. The largest absolute Gasteiger partial charge is 0.504 e. The van der Waals surface area contributed by atoms with Crippen molar-refractivity contribution in [3.63, 3.8) is 0 Å². The average Bonchev–Trinajstić information content (AvgIpc) is 3.26. The van der Waals surface area contributed by atoms with Crippen molar-refractivity contribution in [2.75, 3.05) is 0 Å². The van der Waals surface area contributed by atoms with Crippen LogP contribution in [0.25, 0.3) is 33.3 Å². The van der Waals surface area contributed by atoms with Gasteiger partial charge < -0.3 is 14.5 Å². The number of furan rings is 1. The van der Waals surface area contributed by atoms with Gasteiger partial charge in [0.15, 0.2) is 11.5 Å². The molecule has 0 aliphatic rings. The molecule has 3 heterocycles. The number of thiophene rings is 1. The summed E-state index contributed by atoms with van der Waals surface area (Å²) in [5.74, 6) is 0.170. The van der Waals surface area contributed by atoms with Crippen LogP contribution in [0.15, 0.2) is 63.3 Å². The van der Waals surface area contributed by atoms with E-state index < -0.39 is 0 Å². The number of aromatic nitrogens is 2. The van der Waals surface area contributed by atoms with Crippen molar-refractivity contribution in [3.05, 3.63) is 75.9 Å². The van der Waals surface area contributed by atoms with E-state index in [4.69, 9.17) is 4.42 Å². The number of rotatable bonds is 3. The quantitative estimate of drug-likeness (QED) is 0.547. The first-order valence-electron chi connectivity index (χ1n) is 7.24. The molecule has 2 N–H and O–H groups in total. The van der Waals surface area contributed by atoms with Gasteiger partial charge in [-0.05, 0) is 29.6 Å². The first-order valence-corrected chi connectivity index (χ1v) is 8.12. The van der Waals surface area contributed by atoms with Crippen LogP contribution in [0.5, 0.6) is 0 Å². The van der Waals surface area contributed by atoms with Crippen LogP contribution in [0.2, 0.25) is 0 Å². The molecule has 0 spiro atoms. The van der Waals surface area contributed by atoms with Gasteiger partial charge in [0.1, 0.15) is 5.69 Å². The zero-order chi connectivity index (χ0) is 16.5. The van der Waals surface area contributed by atoms with Crippen molar-refractivity contribution in [1.82, 2.24) is 9.97 Å². The minimum atomic E-state index is -0.371. The molecule has 3 aromatic heterocycles. The number of aromatic amines is 1. The summed E-state index contributed by atoms with van der Waals surface area (Å²) in [6.07, 6.45) is 2.83.